The lowest BCUT2D eigenvalue weighted by Gasteiger charge is -2.26. The van der Waals surface area contributed by atoms with E-state index in [2.05, 4.69) is 0 Å². The van der Waals surface area contributed by atoms with Crippen LogP contribution in [0.5, 0.6) is 0 Å². The third kappa shape index (κ3) is 1.42. The van der Waals surface area contributed by atoms with Crippen LogP contribution >= 0.6 is 0 Å². The number of anilines is 1. The first-order valence-corrected chi connectivity index (χ1v) is 7.00. The quantitative estimate of drug-likeness (QED) is 0.645. The molecule has 4 atom stereocenters. The Hall–Kier alpha value is -1.98. The van der Waals surface area contributed by atoms with Crippen molar-refractivity contribution >= 4 is 17.5 Å². The Bertz CT molecular complexity index is 683. The molecular weight excluding hydrogens is 270 g/mol. The molecule has 4 rings (SSSR count). The molecule has 3 aliphatic rings. The topological polar surface area (TPSA) is 66.8 Å². The number of fused-ring (bicyclic) bond motifs is 5. The van der Waals surface area contributed by atoms with Crippen LogP contribution in [-0.2, 0) is 14.3 Å². The number of benzene rings is 1. The van der Waals surface area contributed by atoms with Crippen molar-refractivity contribution in [2.24, 2.45) is 11.8 Å². The monoisotopic (exact) mass is 285 g/mol. The Labute approximate surface area is 121 Å². The van der Waals surface area contributed by atoms with Crippen LogP contribution in [0.1, 0.15) is 5.56 Å². The summed E-state index contributed by atoms with van der Waals surface area (Å²) >= 11 is 0. The van der Waals surface area contributed by atoms with E-state index in [0.717, 1.165) is 5.56 Å². The second kappa shape index (κ2) is 4.02. The van der Waals surface area contributed by atoms with Crippen molar-refractivity contribution in [3.05, 3.63) is 42.0 Å². The van der Waals surface area contributed by atoms with Crippen molar-refractivity contribution in [3.8, 4) is 0 Å². The first-order valence-electron chi connectivity index (χ1n) is 7.00. The predicted molar refractivity (Wildman–Crippen MR) is 74.5 cm³/mol. The largest absolute Gasteiger partial charge is 0.393 e. The van der Waals surface area contributed by atoms with Gasteiger partial charge < -0.3 is 9.84 Å². The van der Waals surface area contributed by atoms with Gasteiger partial charge in [-0.2, -0.15) is 0 Å². The molecule has 3 heterocycles. The smallest absolute Gasteiger partial charge is 0.241 e. The van der Waals surface area contributed by atoms with E-state index >= 15 is 0 Å². The molecule has 2 bridgehead atoms. The van der Waals surface area contributed by atoms with Crippen LogP contribution in [0.15, 0.2) is 36.4 Å². The van der Waals surface area contributed by atoms with Gasteiger partial charge in [-0.05, 0) is 18.6 Å². The van der Waals surface area contributed by atoms with E-state index in [1.807, 2.05) is 25.1 Å². The minimum absolute atomic E-state index is 0.232. The number of ether oxygens (including phenoxy) is 1. The number of para-hydroxylation sites is 1. The minimum atomic E-state index is -1.03. The average molecular weight is 285 g/mol. The first-order chi connectivity index (χ1) is 10.1. The van der Waals surface area contributed by atoms with E-state index in [9.17, 15) is 14.7 Å². The number of amides is 2. The first kappa shape index (κ1) is 12.7. The number of carbonyl (C=O) groups excluding carboxylic acids is 2. The summed E-state index contributed by atoms with van der Waals surface area (Å²) in [6, 6.07) is 7.32. The lowest BCUT2D eigenvalue weighted by molar-refractivity contribution is -0.128. The number of rotatable bonds is 2. The summed E-state index contributed by atoms with van der Waals surface area (Å²) in [4.78, 5) is 26.8. The molecule has 0 unspecified atom stereocenters. The Balaban J connectivity index is 1.81. The fraction of sp³-hybridized carbons (Fsp3) is 0.375. The van der Waals surface area contributed by atoms with E-state index in [1.165, 1.54) is 4.90 Å². The third-order valence-corrected chi connectivity index (χ3v) is 4.76. The molecule has 21 heavy (non-hydrogen) atoms. The van der Waals surface area contributed by atoms with Gasteiger partial charge in [0, 0.05) is 0 Å². The zero-order valence-electron chi connectivity index (χ0n) is 11.5. The molecule has 2 fully saturated rings. The Kier molecular flexibility index (Phi) is 2.44. The molecule has 2 saturated heterocycles. The van der Waals surface area contributed by atoms with E-state index in [1.54, 1.807) is 18.2 Å². The maximum absolute atomic E-state index is 12.8. The molecule has 1 aromatic rings. The number of aliphatic hydroxyl groups excluding tert-OH is 1. The molecule has 5 heteroatoms. The molecule has 2 amide bonds. The van der Waals surface area contributed by atoms with Crippen molar-refractivity contribution in [2.45, 2.75) is 18.6 Å². The zero-order chi connectivity index (χ0) is 14.8. The molecule has 5 nitrogen and oxygen atoms in total. The molecule has 108 valence electrons. The van der Waals surface area contributed by atoms with Crippen molar-refractivity contribution in [2.75, 3.05) is 11.5 Å². The van der Waals surface area contributed by atoms with Gasteiger partial charge in [0.15, 0.2) is 0 Å². The van der Waals surface area contributed by atoms with Gasteiger partial charge in [0.2, 0.25) is 11.8 Å². The molecule has 0 radical (unpaired) electrons. The summed E-state index contributed by atoms with van der Waals surface area (Å²) in [6.07, 6.45) is 3.10. The SMILES string of the molecule is Cc1ccccc1N1C(=O)[C@@H]2[C@@H]3C=C[C@](CO)(O3)[C@@H]2C1=O. The number of imide groups is 1. The van der Waals surface area contributed by atoms with Crippen LogP contribution in [0.2, 0.25) is 0 Å². The second-order valence-electron chi connectivity index (χ2n) is 5.86. The Morgan fingerprint density at radius 1 is 1.29 bits per heavy atom. The highest BCUT2D eigenvalue weighted by Gasteiger charge is 2.67. The summed E-state index contributed by atoms with van der Waals surface area (Å²) in [6.45, 7) is 1.58. The fourth-order valence-corrected chi connectivity index (χ4v) is 3.74. The standard InChI is InChI=1S/C16H15NO4/c1-9-4-2-3-5-10(9)17-14(19)12-11-6-7-16(8-18,21-11)13(12)15(17)20/h2-7,11-13,18H,8H2,1H3/t11-,12+,13-,16+/m0/s1. The van der Waals surface area contributed by atoms with Crippen molar-refractivity contribution in [3.63, 3.8) is 0 Å². The van der Waals surface area contributed by atoms with Crippen LogP contribution in [0.4, 0.5) is 5.69 Å². The number of aliphatic hydroxyl groups is 1. The van der Waals surface area contributed by atoms with E-state index in [0.29, 0.717) is 5.69 Å². The molecule has 0 saturated carbocycles. The summed E-state index contributed by atoms with van der Waals surface area (Å²) in [5, 5.41) is 9.65. The summed E-state index contributed by atoms with van der Waals surface area (Å²) in [7, 11) is 0. The highest BCUT2D eigenvalue weighted by molar-refractivity contribution is 6.23. The molecule has 0 spiro atoms. The van der Waals surface area contributed by atoms with Crippen molar-refractivity contribution in [1.29, 1.82) is 0 Å². The molecule has 0 aromatic heterocycles. The van der Waals surface area contributed by atoms with Crippen LogP contribution < -0.4 is 4.90 Å². The van der Waals surface area contributed by atoms with Gasteiger partial charge in [-0.25, -0.2) is 4.90 Å². The van der Waals surface area contributed by atoms with Gasteiger partial charge in [0.1, 0.15) is 5.60 Å². The normalized spacial score (nSPS) is 36.7. The third-order valence-electron chi connectivity index (χ3n) is 4.76. The highest BCUT2D eigenvalue weighted by atomic mass is 16.5. The van der Waals surface area contributed by atoms with Crippen LogP contribution in [-0.4, -0.2) is 35.2 Å². The molecule has 3 aliphatic heterocycles. The van der Waals surface area contributed by atoms with E-state index < -0.39 is 23.5 Å². The van der Waals surface area contributed by atoms with Crippen LogP contribution in [0.25, 0.3) is 0 Å². The number of hydrogen-bond donors (Lipinski definition) is 1. The molecular formula is C16H15NO4. The van der Waals surface area contributed by atoms with Gasteiger partial charge in [0.05, 0.1) is 30.2 Å². The Morgan fingerprint density at radius 3 is 2.76 bits per heavy atom. The lowest BCUT2D eigenvalue weighted by Crippen LogP contribution is -2.43. The summed E-state index contributed by atoms with van der Waals surface area (Å²) < 4.78 is 5.70. The number of aryl methyl sites for hydroxylation is 1. The van der Waals surface area contributed by atoms with Gasteiger partial charge in [-0.1, -0.05) is 30.4 Å². The van der Waals surface area contributed by atoms with Gasteiger partial charge in [0.25, 0.3) is 0 Å². The molecule has 1 aromatic carbocycles. The van der Waals surface area contributed by atoms with Gasteiger partial charge >= 0.3 is 0 Å². The summed E-state index contributed by atoms with van der Waals surface area (Å²) in [5.41, 5.74) is 0.465. The van der Waals surface area contributed by atoms with Gasteiger partial charge in [-0.15, -0.1) is 0 Å². The highest BCUT2D eigenvalue weighted by Crippen LogP contribution is 2.52. The molecule has 1 N–H and O–H groups in total. The average Bonchev–Trinajstić information content (AvgIpc) is 3.12. The maximum Gasteiger partial charge on any atom is 0.241 e. The predicted octanol–water partition coefficient (Wildman–Crippen LogP) is 0.800. The number of nitrogens with zero attached hydrogens (tertiary/aromatic N) is 1. The van der Waals surface area contributed by atoms with Crippen LogP contribution in [0, 0.1) is 18.8 Å². The fourth-order valence-electron chi connectivity index (χ4n) is 3.74. The van der Waals surface area contributed by atoms with Crippen molar-refractivity contribution < 1.29 is 19.4 Å². The van der Waals surface area contributed by atoms with Crippen molar-refractivity contribution in [1.82, 2.24) is 0 Å². The zero-order valence-corrected chi connectivity index (χ0v) is 11.5. The minimum Gasteiger partial charge on any atom is -0.393 e. The number of carbonyl (C=O) groups is 2. The van der Waals surface area contributed by atoms with E-state index in [-0.39, 0.29) is 18.4 Å². The Morgan fingerprint density at radius 2 is 2.05 bits per heavy atom. The number of hydrogen-bond acceptors (Lipinski definition) is 4. The lowest BCUT2D eigenvalue weighted by atomic mass is 9.77. The maximum atomic E-state index is 12.8. The van der Waals surface area contributed by atoms with Crippen LogP contribution in [0.3, 0.4) is 0 Å². The second-order valence-corrected chi connectivity index (χ2v) is 5.86. The van der Waals surface area contributed by atoms with Gasteiger partial charge in [-0.3, -0.25) is 9.59 Å². The molecule has 0 aliphatic carbocycles. The van der Waals surface area contributed by atoms with E-state index in [4.69, 9.17) is 4.74 Å². The summed E-state index contributed by atoms with van der Waals surface area (Å²) in [5.74, 6) is -1.65.